The number of ether oxygens (including phenoxy) is 1. The molecule has 0 saturated heterocycles. The monoisotopic (exact) mass is 304 g/mol. The number of aromatic nitrogens is 1. The van der Waals surface area contributed by atoms with Crippen LogP contribution in [0.1, 0.15) is 16.7 Å². The van der Waals surface area contributed by atoms with Crippen molar-refractivity contribution in [3.63, 3.8) is 0 Å². The van der Waals surface area contributed by atoms with Gasteiger partial charge in [0.25, 0.3) is 0 Å². The molecule has 3 rings (SSSR count). The summed E-state index contributed by atoms with van der Waals surface area (Å²) in [4.78, 5) is 4.27. The van der Waals surface area contributed by atoms with Crippen molar-refractivity contribution in [3.05, 3.63) is 89.6 Å². The molecule has 0 aliphatic carbocycles. The molecule has 116 valence electrons. The fourth-order valence-electron chi connectivity index (χ4n) is 2.41. The molecule has 0 bridgehead atoms. The molecule has 0 saturated carbocycles. The van der Waals surface area contributed by atoms with E-state index in [2.05, 4.69) is 47.6 Å². The summed E-state index contributed by atoms with van der Waals surface area (Å²) in [5.74, 6) is 1.76. The standard InChI is InChI=1S/C20H20N2O/c1-16-7-6-8-17(13-16)15-23-19-10-3-2-9-18(19)14-22-20-11-4-5-12-21-20/h2-13H,14-15H2,1H3,(H,21,22). The lowest BCUT2D eigenvalue weighted by Crippen LogP contribution is -2.04. The van der Waals surface area contributed by atoms with E-state index in [9.17, 15) is 0 Å². The van der Waals surface area contributed by atoms with Crippen LogP contribution < -0.4 is 10.1 Å². The normalized spacial score (nSPS) is 10.3. The van der Waals surface area contributed by atoms with Crippen molar-refractivity contribution >= 4 is 5.82 Å². The number of rotatable bonds is 6. The Morgan fingerprint density at radius 2 is 1.83 bits per heavy atom. The molecule has 3 nitrogen and oxygen atoms in total. The van der Waals surface area contributed by atoms with E-state index in [-0.39, 0.29) is 0 Å². The third kappa shape index (κ3) is 4.33. The number of nitrogens with zero attached hydrogens (tertiary/aromatic N) is 1. The predicted octanol–water partition coefficient (Wildman–Crippen LogP) is 4.58. The third-order valence-electron chi connectivity index (χ3n) is 3.57. The summed E-state index contributed by atoms with van der Waals surface area (Å²) in [6, 6.07) is 22.3. The van der Waals surface area contributed by atoms with Crippen LogP contribution >= 0.6 is 0 Å². The van der Waals surface area contributed by atoms with Crippen LogP contribution in [0, 0.1) is 6.92 Å². The first-order valence-electron chi connectivity index (χ1n) is 7.72. The zero-order valence-electron chi connectivity index (χ0n) is 13.2. The fourth-order valence-corrected chi connectivity index (χ4v) is 2.41. The minimum Gasteiger partial charge on any atom is -0.489 e. The van der Waals surface area contributed by atoms with E-state index < -0.39 is 0 Å². The number of benzene rings is 2. The number of hydrogen-bond acceptors (Lipinski definition) is 3. The number of hydrogen-bond donors (Lipinski definition) is 1. The van der Waals surface area contributed by atoms with E-state index in [4.69, 9.17) is 4.74 Å². The van der Waals surface area contributed by atoms with Crippen LogP contribution in [0.5, 0.6) is 5.75 Å². The summed E-state index contributed by atoms with van der Waals surface area (Å²) in [6.07, 6.45) is 1.78. The first-order valence-corrected chi connectivity index (χ1v) is 7.72. The molecule has 3 heteroatoms. The van der Waals surface area contributed by atoms with Crippen molar-refractivity contribution in [2.24, 2.45) is 0 Å². The van der Waals surface area contributed by atoms with Gasteiger partial charge in [-0.25, -0.2) is 4.98 Å². The van der Waals surface area contributed by atoms with Gasteiger partial charge < -0.3 is 10.1 Å². The van der Waals surface area contributed by atoms with Crippen molar-refractivity contribution in [2.75, 3.05) is 5.32 Å². The molecule has 0 unspecified atom stereocenters. The number of para-hydroxylation sites is 1. The third-order valence-corrected chi connectivity index (χ3v) is 3.57. The maximum atomic E-state index is 6.01. The van der Waals surface area contributed by atoms with Gasteiger partial charge in [0.15, 0.2) is 0 Å². The maximum absolute atomic E-state index is 6.01. The molecule has 0 spiro atoms. The Morgan fingerprint density at radius 3 is 2.65 bits per heavy atom. The van der Waals surface area contributed by atoms with Gasteiger partial charge in [-0.1, -0.05) is 54.1 Å². The first kappa shape index (κ1) is 15.1. The molecular formula is C20H20N2O. The van der Waals surface area contributed by atoms with Gasteiger partial charge in [-0.05, 0) is 30.7 Å². The molecule has 2 aromatic carbocycles. The van der Waals surface area contributed by atoms with Crippen LogP contribution in [0.15, 0.2) is 72.9 Å². The summed E-state index contributed by atoms with van der Waals surface area (Å²) in [6.45, 7) is 3.34. The number of nitrogens with one attached hydrogen (secondary N) is 1. The molecule has 1 N–H and O–H groups in total. The highest BCUT2D eigenvalue weighted by Gasteiger charge is 2.04. The Labute approximate surface area is 137 Å². The second-order valence-electron chi connectivity index (χ2n) is 5.45. The lowest BCUT2D eigenvalue weighted by Gasteiger charge is -2.13. The van der Waals surface area contributed by atoms with Gasteiger partial charge in [-0.2, -0.15) is 0 Å². The molecule has 23 heavy (non-hydrogen) atoms. The van der Waals surface area contributed by atoms with Crippen molar-refractivity contribution < 1.29 is 4.74 Å². The Bertz CT molecular complexity index is 756. The Balaban J connectivity index is 1.65. The fraction of sp³-hybridized carbons (Fsp3) is 0.150. The van der Waals surface area contributed by atoms with Crippen molar-refractivity contribution in [2.45, 2.75) is 20.1 Å². The van der Waals surface area contributed by atoms with E-state index >= 15 is 0 Å². The van der Waals surface area contributed by atoms with Gasteiger partial charge in [0.1, 0.15) is 18.2 Å². The van der Waals surface area contributed by atoms with Crippen LogP contribution in [0.25, 0.3) is 0 Å². The predicted molar refractivity (Wildman–Crippen MR) is 93.5 cm³/mol. The van der Waals surface area contributed by atoms with Crippen molar-refractivity contribution in [1.82, 2.24) is 4.98 Å². The lowest BCUT2D eigenvalue weighted by molar-refractivity contribution is 0.303. The van der Waals surface area contributed by atoms with Gasteiger partial charge in [0.05, 0.1) is 0 Å². The van der Waals surface area contributed by atoms with E-state index in [1.54, 1.807) is 6.20 Å². The van der Waals surface area contributed by atoms with E-state index in [0.29, 0.717) is 13.2 Å². The Kier molecular flexibility index (Phi) is 4.89. The Hall–Kier alpha value is -2.81. The molecule has 0 aliphatic heterocycles. The highest BCUT2D eigenvalue weighted by atomic mass is 16.5. The summed E-state index contributed by atoms with van der Waals surface area (Å²) >= 11 is 0. The number of anilines is 1. The van der Waals surface area contributed by atoms with Crippen LogP contribution in [-0.2, 0) is 13.2 Å². The smallest absolute Gasteiger partial charge is 0.126 e. The molecule has 1 heterocycles. The molecule has 1 aromatic heterocycles. The minimum absolute atomic E-state index is 0.572. The summed E-state index contributed by atoms with van der Waals surface area (Å²) < 4.78 is 6.01. The zero-order valence-corrected chi connectivity index (χ0v) is 13.2. The average molecular weight is 304 g/mol. The van der Waals surface area contributed by atoms with Gasteiger partial charge in [-0.3, -0.25) is 0 Å². The van der Waals surface area contributed by atoms with E-state index in [1.807, 2.05) is 36.4 Å². The molecule has 0 fully saturated rings. The second kappa shape index (κ2) is 7.45. The topological polar surface area (TPSA) is 34.1 Å². The molecule has 3 aromatic rings. The summed E-state index contributed by atoms with van der Waals surface area (Å²) in [5, 5.41) is 3.32. The average Bonchev–Trinajstić information content (AvgIpc) is 2.60. The minimum atomic E-state index is 0.572. The van der Waals surface area contributed by atoms with E-state index in [1.165, 1.54) is 11.1 Å². The maximum Gasteiger partial charge on any atom is 0.126 e. The van der Waals surface area contributed by atoms with Crippen LogP contribution in [-0.4, -0.2) is 4.98 Å². The SMILES string of the molecule is Cc1cccc(COc2ccccc2CNc2ccccn2)c1. The van der Waals surface area contributed by atoms with Crippen LogP contribution in [0.4, 0.5) is 5.82 Å². The summed E-state index contributed by atoms with van der Waals surface area (Å²) in [5.41, 5.74) is 3.54. The Morgan fingerprint density at radius 1 is 0.957 bits per heavy atom. The van der Waals surface area contributed by atoms with Gasteiger partial charge in [-0.15, -0.1) is 0 Å². The highest BCUT2D eigenvalue weighted by molar-refractivity contribution is 5.39. The quantitative estimate of drug-likeness (QED) is 0.723. The molecule has 0 amide bonds. The van der Waals surface area contributed by atoms with Crippen LogP contribution in [0.3, 0.4) is 0 Å². The largest absolute Gasteiger partial charge is 0.489 e. The second-order valence-corrected chi connectivity index (χ2v) is 5.45. The van der Waals surface area contributed by atoms with E-state index in [0.717, 1.165) is 17.1 Å². The number of aryl methyl sites for hydroxylation is 1. The van der Waals surface area contributed by atoms with Crippen molar-refractivity contribution in [3.8, 4) is 5.75 Å². The van der Waals surface area contributed by atoms with Gasteiger partial charge >= 0.3 is 0 Å². The van der Waals surface area contributed by atoms with Gasteiger partial charge in [0.2, 0.25) is 0 Å². The summed E-state index contributed by atoms with van der Waals surface area (Å²) in [7, 11) is 0. The number of pyridine rings is 1. The molecule has 0 aliphatic rings. The zero-order chi connectivity index (χ0) is 15.9. The van der Waals surface area contributed by atoms with Crippen molar-refractivity contribution in [1.29, 1.82) is 0 Å². The highest BCUT2D eigenvalue weighted by Crippen LogP contribution is 2.20. The van der Waals surface area contributed by atoms with Crippen LogP contribution in [0.2, 0.25) is 0 Å². The van der Waals surface area contributed by atoms with Gasteiger partial charge in [0, 0.05) is 18.3 Å². The first-order chi connectivity index (χ1) is 11.3. The lowest BCUT2D eigenvalue weighted by atomic mass is 10.1. The molecular weight excluding hydrogens is 284 g/mol. The molecule has 0 radical (unpaired) electrons. The molecule has 0 atom stereocenters.